The summed E-state index contributed by atoms with van der Waals surface area (Å²) < 4.78 is 12.5. The van der Waals surface area contributed by atoms with Crippen LogP contribution in [0.2, 0.25) is 0 Å². The first-order valence-electron chi connectivity index (χ1n) is 12.9. The Morgan fingerprint density at radius 3 is 2.54 bits per heavy atom. The Balaban J connectivity index is 1.90. The lowest BCUT2D eigenvalue weighted by molar-refractivity contribution is 0.127. The number of anilines is 1. The molecule has 0 radical (unpaired) electrons. The topological polar surface area (TPSA) is 123 Å². The number of hydrogen-bond acceptors (Lipinski definition) is 9. The van der Waals surface area contributed by atoms with E-state index in [1.807, 2.05) is 19.1 Å². The second kappa shape index (κ2) is 13.5. The summed E-state index contributed by atoms with van der Waals surface area (Å²) in [6.07, 6.45) is 5.21. The molecule has 0 aliphatic carbocycles. The third-order valence-corrected chi connectivity index (χ3v) is 6.21. The van der Waals surface area contributed by atoms with E-state index in [1.165, 1.54) is 0 Å². The van der Waals surface area contributed by atoms with Gasteiger partial charge < -0.3 is 25.2 Å². The third kappa shape index (κ3) is 7.70. The summed E-state index contributed by atoms with van der Waals surface area (Å²) in [5.41, 5.74) is 2.41. The molecule has 0 aliphatic heterocycles. The molecule has 202 valence electrons. The highest BCUT2D eigenvalue weighted by atomic mass is 16.5. The van der Waals surface area contributed by atoms with Gasteiger partial charge >= 0.3 is 0 Å². The normalized spacial score (nSPS) is 12.6. The van der Waals surface area contributed by atoms with Gasteiger partial charge in [-0.25, -0.2) is 15.0 Å². The molecule has 0 saturated carbocycles. The van der Waals surface area contributed by atoms with Crippen LogP contribution in [0.4, 0.5) is 5.82 Å². The minimum atomic E-state index is -0.218. The Bertz CT molecular complexity index is 1190. The van der Waals surface area contributed by atoms with Crippen molar-refractivity contribution in [3.05, 3.63) is 40.9 Å². The molecule has 0 saturated heterocycles. The average molecular weight is 513 g/mol. The maximum Gasteiger partial charge on any atom is 0.293 e. The monoisotopic (exact) mass is 512 g/mol. The molecule has 0 aliphatic rings. The van der Waals surface area contributed by atoms with E-state index in [0.717, 1.165) is 24.0 Å². The molecule has 3 aromatic rings. The first-order chi connectivity index (χ1) is 17.8. The number of aliphatic hydroxyl groups excluding tert-OH is 1. The van der Waals surface area contributed by atoms with Gasteiger partial charge in [0.15, 0.2) is 11.5 Å². The SMILES string of the molecule is CCCOCCn1c(=O)c(NCC(C)(C)CNC(CC)CO)nc2ncc(-c3ccc(OC)nc3)cc21. The summed E-state index contributed by atoms with van der Waals surface area (Å²) in [4.78, 5) is 27.0. The van der Waals surface area contributed by atoms with E-state index in [9.17, 15) is 9.90 Å². The summed E-state index contributed by atoms with van der Waals surface area (Å²) in [6, 6.07) is 5.66. The number of aliphatic hydroxyl groups is 1. The number of methoxy groups -OCH3 is 1. The van der Waals surface area contributed by atoms with Crippen molar-refractivity contribution in [1.29, 1.82) is 0 Å². The Morgan fingerprint density at radius 1 is 1.11 bits per heavy atom. The van der Waals surface area contributed by atoms with Gasteiger partial charge in [-0.05, 0) is 30.4 Å². The van der Waals surface area contributed by atoms with Crippen LogP contribution in [0.15, 0.2) is 35.4 Å². The number of hydrogen-bond donors (Lipinski definition) is 3. The van der Waals surface area contributed by atoms with Gasteiger partial charge in [-0.3, -0.25) is 9.36 Å². The number of nitrogens with one attached hydrogen (secondary N) is 2. The maximum absolute atomic E-state index is 13.5. The van der Waals surface area contributed by atoms with Crippen LogP contribution in [0.3, 0.4) is 0 Å². The first kappa shape index (κ1) is 28.5. The van der Waals surface area contributed by atoms with Crippen LogP contribution in [-0.4, -0.2) is 70.7 Å². The number of pyridine rings is 2. The smallest absolute Gasteiger partial charge is 0.293 e. The molecule has 1 unspecified atom stereocenters. The van der Waals surface area contributed by atoms with Gasteiger partial charge in [0.1, 0.15) is 0 Å². The standard InChI is InChI=1S/C27H40N6O4/c1-6-11-37-12-10-33-22-13-20(19-8-9-23(36-5)28-14-19)15-29-24(22)32-25(26(33)35)31-18-27(3,4)17-30-21(7-2)16-34/h8-9,13-15,21,30,34H,6-7,10-12,16-18H2,1-5H3,(H,29,31,32). The summed E-state index contributed by atoms with van der Waals surface area (Å²) in [5, 5.41) is 16.1. The predicted molar refractivity (Wildman–Crippen MR) is 146 cm³/mol. The summed E-state index contributed by atoms with van der Waals surface area (Å²) in [6.45, 7) is 11.0. The second-order valence-electron chi connectivity index (χ2n) is 9.87. The zero-order chi connectivity index (χ0) is 26.8. The lowest BCUT2D eigenvalue weighted by Gasteiger charge is -2.28. The highest BCUT2D eigenvalue weighted by Gasteiger charge is 2.21. The van der Waals surface area contributed by atoms with E-state index >= 15 is 0 Å². The van der Waals surface area contributed by atoms with Crippen molar-refractivity contribution in [2.24, 2.45) is 5.41 Å². The molecule has 3 N–H and O–H groups in total. The van der Waals surface area contributed by atoms with E-state index in [2.05, 4.69) is 46.4 Å². The molecule has 10 nitrogen and oxygen atoms in total. The molecule has 0 fully saturated rings. The third-order valence-electron chi connectivity index (χ3n) is 6.21. The highest BCUT2D eigenvalue weighted by Crippen LogP contribution is 2.23. The molecule has 0 amide bonds. The predicted octanol–water partition coefficient (Wildman–Crippen LogP) is 3.09. The van der Waals surface area contributed by atoms with Crippen LogP contribution >= 0.6 is 0 Å². The largest absolute Gasteiger partial charge is 0.481 e. The van der Waals surface area contributed by atoms with Gasteiger partial charge in [0.2, 0.25) is 5.88 Å². The van der Waals surface area contributed by atoms with Gasteiger partial charge in [0.25, 0.3) is 5.56 Å². The Labute approximate surface area is 218 Å². The number of rotatable bonds is 15. The molecule has 0 spiro atoms. The molecule has 0 bridgehead atoms. The van der Waals surface area contributed by atoms with Crippen LogP contribution in [0, 0.1) is 5.41 Å². The first-order valence-corrected chi connectivity index (χ1v) is 12.9. The van der Waals surface area contributed by atoms with Crippen molar-refractivity contribution in [3.63, 3.8) is 0 Å². The van der Waals surface area contributed by atoms with Crippen LogP contribution < -0.4 is 20.9 Å². The average Bonchev–Trinajstić information content (AvgIpc) is 2.91. The molecule has 0 aromatic carbocycles. The molecule has 3 rings (SSSR count). The highest BCUT2D eigenvalue weighted by molar-refractivity contribution is 5.78. The Hall–Kier alpha value is -3.08. The molecular weight excluding hydrogens is 472 g/mol. The number of nitrogens with zero attached hydrogens (tertiary/aromatic N) is 4. The molecule has 10 heteroatoms. The van der Waals surface area contributed by atoms with E-state index < -0.39 is 0 Å². The van der Waals surface area contributed by atoms with Crippen LogP contribution in [0.5, 0.6) is 5.88 Å². The van der Waals surface area contributed by atoms with E-state index in [4.69, 9.17) is 9.47 Å². The van der Waals surface area contributed by atoms with Crippen molar-refractivity contribution >= 4 is 17.0 Å². The summed E-state index contributed by atoms with van der Waals surface area (Å²) in [7, 11) is 1.57. The van der Waals surface area contributed by atoms with Gasteiger partial charge in [0, 0.05) is 61.9 Å². The minimum Gasteiger partial charge on any atom is -0.481 e. The van der Waals surface area contributed by atoms with Gasteiger partial charge in [-0.1, -0.05) is 27.7 Å². The molecule has 37 heavy (non-hydrogen) atoms. The Morgan fingerprint density at radius 2 is 1.89 bits per heavy atom. The second-order valence-corrected chi connectivity index (χ2v) is 9.87. The number of aromatic nitrogens is 4. The lowest BCUT2D eigenvalue weighted by atomic mass is 9.93. The van der Waals surface area contributed by atoms with Crippen LogP contribution in [-0.2, 0) is 11.3 Å². The minimum absolute atomic E-state index is 0.0534. The maximum atomic E-state index is 13.5. The quantitative estimate of drug-likeness (QED) is 0.264. The van der Waals surface area contributed by atoms with Gasteiger partial charge in [0.05, 0.1) is 25.8 Å². The van der Waals surface area contributed by atoms with E-state index in [1.54, 1.807) is 30.1 Å². The van der Waals surface area contributed by atoms with E-state index in [0.29, 0.717) is 49.9 Å². The molecule has 3 aromatic heterocycles. The summed E-state index contributed by atoms with van der Waals surface area (Å²) in [5.74, 6) is 0.788. The van der Waals surface area contributed by atoms with E-state index in [-0.39, 0.29) is 29.4 Å². The number of ether oxygens (including phenoxy) is 2. The van der Waals surface area contributed by atoms with Crippen molar-refractivity contribution in [2.45, 2.75) is 53.1 Å². The van der Waals surface area contributed by atoms with Crippen LogP contribution in [0.1, 0.15) is 40.5 Å². The van der Waals surface area contributed by atoms with Crippen molar-refractivity contribution in [3.8, 4) is 17.0 Å². The summed E-state index contributed by atoms with van der Waals surface area (Å²) >= 11 is 0. The molecule has 3 heterocycles. The van der Waals surface area contributed by atoms with Gasteiger partial charge in [-0.2, -0.15) is 0 Å². The zero-order valence-electron chi connectivity index (χ0n) is 22.6. The molecule has 1 atom stereocenters. The number of fused-ring (bicyclic) bond motifs is 1. The lowest BCUT2D eigenvalue weighted by Crippen LogP contribution is -2.42. The van der Waals surface area contributed by atoms with Gasteiger partial charge in [-0.15, -0.1) is 0 Å². The zero-order valence-corrected chi connectivity index (χ0v) is 22.6. The molecular formula is C27H40N6O4. The fourth-order valence-corrected chi connectivity index (χ4v) is 3.83. The van der Waals surface area contributed by atoms with Crippen molar-refractivity contribution in [1.82, 2.24) is 24.8 Å². The van der Waals surface area contributed by atoms with Crippen LogP contribution in [0.25, 0.3) is 22.3 Å². The fourth-order valence-electron chi connectivity index (χ4n) is 3.83. The van der Waals surface area contributed by atoms with Crippen molar-refractivity contribution in [2.75, 3.05) is 45.3 Å². The Kier molecular flexibility index (Phi) is 10.4. The van der Waals surface area contributed by atoms with Crippen molar-refractivity contribution < 1.29 is 14.6 Å². The fraction of sp³-hybridized carbons (Fsp3) is 0.556.